The molecule has 0 saturated heterocycles. The Hall–Kier alpha value is -8.52. The molecule has 2 aliphatic heterocycles. The van der Waals surface area contributed by atoms with E-state index >= 15 is 0 Å². The zero-order valence-corrected chi connectivity index (χ0v) is 36.7. The molecule has 13 aromatic rings. The van der Waals surface area contributed by atoms with Gasteiger partial charge in [-0.25, -0.2) is 0 Å². The van der Waals surface area contributed by atoms with E-state index in [1.807, 2.05) is 11.3 Å². The first-order chi connectivity index (χ1) is 33.2. The zero-order valence-electron chi connectivity index (χ0n) is 35.9. The molecule has 67 heavy (non-hydrogen) atoms. The van der Waals surface area contributed by atoms with E-state index < -0.39 is 0 Å². The molecule has 0 atom stereocenters. The van der Waals surface area contributed by atoms with Gasteiger partial charge in [0, 0.05) is 88.5 Å². The van der Waals surface area contributed by atoms with Gasteiger partial charge in [-0.15, -0.1) is 11.3 Å². The molecule has 7 heteroatoms. The number of rotatable bonds is 5. The number of benzene rings is 10. The summed E-state index contributed by atoms with van der Waals surface area (Å²) in [5.74, 6) is 3.25. The predicted molar refractivity (Wildman–Crippen MR) is 280 cm³/mol. The average Bonchev–Trinajstić information content (AvgIpc) is 4.05. The van der Waals surface area contributed by atoms with Crippen LogP contribution in [0.15, 0.2) is 218 Å². The number of fused-ring (bicyclic) bond motifs is 14. The first-order valence-electron chi connectivity index (χ1n) is 22.8. The minimum absolute atomic E-state index is 0.177. The Morgan fingerprint density at radius 3 is 1.45 bits per heavy atom. The molecule has 0 saturated carbocycles. The normalized spacial score (nSPS) is 12.7. The third kappa shape index (κ3) is 5.26. The monoisotopic (exact) mass is 873 g/mol. The van der Waals surface area contributed by atoms with Gasteiger partial charge in [0.1, 0.15) is 23.0 Å². The van der Waals surface area contributed by atoms with Crippen LogP contribution in [0.4, 0.5) is 17.1 Å². The molecule has 0 N–H and O–H groups in total. The maximum Gasteiger partial charge on any atom is 0.262 e. The van der Waals surface area contributed by atoms with Crippen molar-refractivity contribution in [3.05, 3.63) is 218 Å². The second kappa shape index (κ2) is 14.0. The fraction of sp³-hybridized carbons (Fsp3) is 0. The van der Waals surface area contributed by atoms with E-state index in [0.29, 0.717) is 0 Å². The number of hydrogen-bond acceptors (Lipinski definition) is 4. The van der Waals surface area contributed by atoms with E-state index in [1.54, 1.807) is 0 Å². The summed E-state index contributed by atoms with van der Waals surface area (Å²) in [7, 11) is 0. The molecule has 312 valence electrons. The van der Waals surface area contributed by atoms with E-state index in [1.165, 1.54) is 47.2 Å². The van der Waals surface area contributed by atoms with Gasteiger partial charge >= 0.3 is 0 Å². The van der Waals surface area contributed by atoms with Crippen molar-refractivity contribution in [3.63, 3.8) is 0 Å². The van der Waals surface area contributed by atoms with E-state index in [-0.39, 0.29) is 6.71 Å². The van der Waals surface area contributed by atoms with Gasteiger partial charge in [-0.1, -0.05) is 133 Å². The molecule has 5 nitrogen and oxygen atoms in total. The third-order valence-electron chi connectivity index (χ3n) is 14.0. The average molecular weight is 874 g/mol. The van der Waals surface area contributed by atoms with Gasteiger partial charge in [0.2, 0.25) is 0 Å². The molecule has 0 radical (unpaired) electrons. The molecule has 15 rings (SSSR count). The molecule has 0 spiro atoms. The van der Waals surface area contributed by atoms with Crippen LogP contribution in [0, 0.1) is 0 Å². The van der Waals surface area contributed by atoms with Gasteiger partial charge in [0.25, 0.3) is 6.71 Å². The molecule has 0 aliphatic carbocycles. The number of ether oxygens (including phenoxy) is 2. The van der Waals surface area contributed by atoms with E-state index in [0.717, 1.165) is 84.4 Å². The van der Waals surface area contributed by atoms with Crippen molar-refractivity contribution in [1.29, 1.82) is 0 Å². The van der Waals surface area contributed by atoms with Gasteiger partial charge in [0.05, 0.1) is 33.4 Å². The number of anilines is 3. The summed E-state index contributed by atoms with van der Waals surface area (Å²) in [6.45, 7) is -0.177. The van der Waals surface area contributed by atoms with Crippen molar-refractivity contribution < 1.29 is 9.47 Å². The first kappa shape index (κ1) is 36.8. The molecular weight excluding hydrogens is 838 g/mol. The van der Waals surface area contributed by atoms with Crippen LogP contribution in [-0.4, -0.2) is 15.8 Å². The van der Waals surface area contributed by atoms with Gasteiger partial charge in [-0.2, -0.15) is 0 Å². The number of nitrogens with zero attached hydrogens (tertiary/aromatic N) is 3. The number of thiophene rings is 1. The highest BCUT2D eigenvalue weighted by atomic mass is 32.1. The second-order valence-corrected chi connectivity index (χ2v) is 18.6. The molecule has 3 aromatic heterocycles. The number of hydrogen-bond donors (Lipinski definition) is 0. The van der Waals surface area contributed by atoms with Gasteiger partial charge in [-0.05, 0) is 71.6 Å². The smallest absolute Gasteiger partial charge is 0.262 e. The van der Waals surface area contributed by atoms with Crippen molar-refractivity contribution >= 4 is 115 Å². The van der Waals surface area contributed by atoms with Crippen LogP contribution in [0.3, 0.4) is 0 Å². The van der Waals surface area contributed by atoms with E-state index in [4.69, 9.17) is 9.47 Å². The predicted octanol–water partition coefficient (Wildman–Crippen LogP) is 14.4. The lowest BCUT2D eigenvalue weighted by atomic mass is 9.34. The fourth-order valence-corrected chi connectivity index (χ4v) is 12.5. The van der Waals surface area contributed by atoms with Crippen LogP contribution in [0.5, 0.6) is 23.0 Å². The van der Waals surface area contributed by atoms with Crippen molar-refractivity contribution in [2.45, 2.75) is 0 Å². The highest BCUT2D eigenvalue weighted by Crippen LogP contribution is 2.48. The quantitative estimate of drug-likeness (QED) is 0.162. The lowest BCUT2D eigenvalue weighted by Gasteiger charge is -2.35. The van der Waals surface area contributed by atoms with E-state index in [2.05, 4.69) is 232 Å². The largest absolute Gasteiger partial charge is 0.458 e. The van der Waals surface area contributed by atoms with Crippen LogP contribution < -0.4 is 30.8 Å². The summed E-state index contributed by atoms with van der Waals surface area (Å²) < 4.78 is 22.0. The maximum atomic E-state index is 7.43. The Morgan fingerprint density at radius 2 is 0.866 bits per heavy atom. The minimum atomic E-state index is -0.177. The van der Waals surface area contributed by atoms with Crippen LogP contribution >= 0.6 is 11.3 Å². The van der Waals surface area contributed by atoms with Gasteiger partial charge in [-0.3, -0.25) is 0 Å². The summed E-state index contributed by atoms with van der Waals surface area (Å²) in [5, 5.41) is 7.36. The standard InChI is InChI=1S/C60H36BN3O2S/c1-3-17-37(18-4-1)62(38-19-5-2-6-20-38)40-34-53-58-54(35-40)66-55-36-51(64-49-28-14-9-23-43(49)44-24-10-15-29-50(44)64)57-45-25-11-16-30-56(45)67-60(57)59(55)61(58)46-32-31-39(33-52(46)65-53)63-47-26-12-7-21-41(47)42-22-8-13-27-48(42)63/h1-36H. The van der Waals surface area contributed by atoms with Crippen LogP contribution in [0.1, 0.15) is 0 Å². The minimum Gasteiger partial charge on any atom is -0.458 e. The van der Waals surface area contributed by atoms with Crippen molar-refractivity contribution in [2.24, 2.45) is 0 Å². The summed E-state index contributed by atoms with van der Waals surface area (Å²) in [5.41, 5.74) is 13.1. The molecule has 0 bridgehead atoms. The van der Waals surface area contributed by atoms with Gasteiger partial charge < -0.3 is 23.5 Å². The number of aromatic nitrogens is 2. The van der Waals surface area contributed by atoms with Crippen molar-refractivity contribution in [2.75, 3.05) is 4.90 Å². The highest BCUT2D eigenvalue weighted by molar-refractivity contribution is 7.28. The summed E-state index contributed by atoms with van der Waals surface area (Å²) in [6.07, 6.45) is 0. The Bertz CT molecular complexity index is 4030. The van der Waals surface area contributed by atoms with Crippen LogP contribution in [-0.2, 0) is 0 Å². The molecule has 2 aliphatic rings. The van der Waals surface area contributed by atoms with E-state index in [9.17, 15) is 0 Å². The lowest BCUT2D eigenvalue weighted by molar-refractivity contribution is 0.465. The van der Waals surface area contributed by atoms with Crippen LogP contribution in [0.25, 0.3) is 75.2 Å². The molecule has 5 heterocycles. The third-order valence-corrected chi connectivity index (χ3v) is 15.2. The maximum absolute atomic E-state index is 7.43. The first-order valence-corrected chi connectivity index (χ1v) is 23.6. The molecule has 0 amide bonds. The molecule has 0 unspecified atom stereocenters. The SMILES string of the molecule is c1ccc(N(c2ccccc2)c2cc3c4c(c2)Oc2cc(-n5c6ccccc6c6ccccc65)c5c(sc6ccccc65)c2B4c2ccc(-n4c5ccccc5c5ccccc54)cc2O3)cc1. The highest BCUT2D eigenvalue weighted by Gasteiger charge is 2.43. The van der Waals surface area contributed by atoms with Crippen molar-refractivity contribution in [1.82, 2.24) is 9.13 Å². The Morgan fingerprint density at radius 1 is 0.388 bits per heavy atom. The van der Waals surface area contributed by atoms with Crippen LogP contribution in [0.2, 0.25) is 0 Å². The van der Waals surface area contributed by atoms with Gasteiger partial charge in [0.15, 0.2) is 0 Å². The Labute approximate surface area is 389 Å². The Balaban J connectivity index is 1.03. The molecule has 0 fully saturated rings. The second-order valence-electron chi connectivity index (χ2n) is 17.6. The molecule has 10 aromatic carbocycles. The summed E-state index contributed by atoms with van der Waals surface area (Å²) >= 11 is 1.86. The lowest BCUT2D eigenvalue weighted by Crippen LogP contribution is -2.57. The summed E-state index contributed by atoms with van der Waals surface area (Å²) in [6, 6.07) is 78.4. The number of para-hydroxylation sites is 6. The van der Waals surface area contributed by atoms with Crippen molar-refractivity contribution in [3.8, 4) is 34.4 Å². The fourth-order valence-electron chi connectivity index (χ4n) is 11.2. The Kier molecular flexibility index (Phi) is 7.68. The molecular formula is C60H36BN3O2S. The zero-order chi connectivity index (χ0) is 43.7. The summed E-state index contributed by atoms with van der Waals surface area (Å²) in [4.78, 5) is 2.29. The topological polar surface area (TPSA) is 31.6 Å².